The van der Waals surface area contributed by atoms with Gasteiger partial charge in [-0.2, -0.15) is 0 Å². The summed E-state index contributed by atoms with van der Waals surface area (Å²) in [5.74, 6) is 0. The predicted molar refractivity (Wildman–Crippen MR) is 68.6 cm³/mol. The number of hydrogen-bond donors (Lipinski definition) is 2. The Morgan fingerprint density at radius 1 is 1.62 bits per heavy atom. The van der Waals surface area contributed by atoms with E-state index < -0.39 is 0 Å². The molecule has 4 nitrogen and oxygen atoms in total. The van der Waals surface area contributed by atoms with E-state index in [1.54, 1.807) is 6.33 Å². The van der Waals surface area contributed by atoms with Crippen molar-refractivity contribution < 1.29 is 4.74 Å². The fraction of sp³-hybridized carbons (Fsp3) is 0.636. The highest BCUT2D eigenvalue weighted by atomic mass is 32.1. The number of nitrogens with zero attached hydrogens (tertiary/aromatic N) is 1. The first-order valence-electron chi connectivity index (χ1n) is 5.65. The Balaban J connectivity index is 2.52. The Kier molecular flexibility index (Phi) is 6.03. The quantitative estimate of drug-likeness (QED) is 0.713. The standard InChI is InChI=1S/C11H19N3OS/c1-3-5-13-10(11(16)15-4-2)6-9-7-12-8-14-9/h7-8,10,13H,3-6H2,1-2H3,(H,12,14)/t10-/m0/s1. The van der Waals surface area contributed by atoms with Crippen LogP contribution in [-0.2, 0) is 11.2 Å². The summed E-state index contributed by atoms with van der Waals surface area (Å²) in [5.41, 5.74) is 1.07. The minimum Gasteiger partial charge on any atom is -0.486 e. The summed E-state index contributed by atoms with van der Waals surface area (Å²) in [6, 6.07) is 0.0790. The van der Waals surface area contributed by atoms with Crippen LogP contribution >= 0.6 is 12.2 Å². The van der Waals surface area contributed by atoms with Crippen LogP contribution in [-0.4, -0.2) is 34.2 Å². The van der Waals surface area contributed by atoms with E-state index in [1.807, 2.05) is 13.1 Å². The lowest BCUT2D eigenvalue weighted by Crippen LogP contribution is -2.39. The average molecular weight is 241 g/mol. The first-order valence-corrected chi connectivity index (χ1v) is 6.06. The topological polar surface area (TPSA) is 49.9 Å². The number of ether oxygens (including phenoxy) is 1. The van der Waals surface area contributed by atoms with Crippen molar-refractivity contribution in [2.24, 2.45) is 0 Å². The van der Waals surface area contributed by atoms with E-state index in [9.17, 15) is 0 Å². The molecule has 1 atom stereocenters. The molecule has 1 heterocycles. The van der Waals surface area contributed by atoms with Gasteiger partial charge >= 0.3 is 0 Å². The van der Waals surface area contributed by atoms with Crippen molar-refractivity contribution >= 4 is 17.3 Å². The van der Waals surface area contributed by atoms with Crippen LogP contribution in [0.1, 0.15) is 26.0 Å². The molecule has 1 rings (SSSR count). The normalized spacial score (nSPS) is 12.4. The number of rotatable bonds is 7. The molecule has 1 aromatic heterocycles. The second-order valence-electron chi connectivity index (χ2n) is 3.54. The molecule has 0 bridgehead atoms. The molecule has 0 saturated carbocycles. The molecule has 1 aromatic rings. The Bertz CT molecular complexity index is 300. The number of H-pyrrole nitrogens is 1. The first-order chi connectivity index (χ1) is 7.77. The molecule has 0 aliphatic heterocycles. The third-order valence-corrected chi connectivity index (χ3v) is 2.59. The van der Waals surface area contributed by atoms with E-state index in [1.165, 1.54) is 0 Å². The molecule has 0 aromatic carbocycles. The molecule has 0 radical (unpaired) electrons. The summed E-state index contributed by atoms with van der Waals surface area (Å²) in [5, 5.41) is 4.01. The monoisotopic (exact) mass is 241 g/mol. The lowest BCUT2D eigenvalue weighted by molar-refractivity contribution is 0.313. The molecule has 0 aliphatic carbocycles. The molecule has 0 aliphatic rings. The van der Waals surface area contributed by atoms with Gasteiger partial charge in [0.15, 0.2) is 5.05 Å². The second kappa shape index (κ2) is 7.35. The summed E-state index contributed by atoms with van der Waals surface area (Å²) in [4.78, 5) is 7.07. The van der Waals surface area contributed by atoms with Crippen LogP contribution in [0.2, 0.25) is 0 Å². The number of aromatic nitrogens is 2. The van der Waals surface area contributed by atoms with Gasteiger partial charge < -0.3 is 15.0 Å². The Morgan fingerprint density at radius 2 is 2.44 bits per heavy atom. The number of imidazole rings is 1. The number of aromatic amines is 1. The van der Waals surface area contributed by atoms with Crippen molar-refractivity contribution in [2.75, 3.05) is 13.2 Å². The van der Waals surface area contributed by atoms with Gasteiger partial charge in [-0.05, 0) is 32.1 Å². The summed E-state index contributed by atoms with van der Waals surface area (Å²) in [6.07, 6.45) is 5.36. The third kappa shape index (κ3) is 4.28. The zero-order valence-corrected chi connectivity index (χ0v) is 10.6. The van der Waals surface area contributed by atoms with E-state index in [4.69, 9.17) is 17.0 Å². The van der Waals surface area contributed by atoms with Gasteiger partial charge in [0, 0.05) is 18.3 Å². The van der Waals surface area contributed by atoms with Crippen molar-refractivity contribution in [1.82, 2.24) is 15.3 Å². The van der Waals surface area contributed by atoms with Gasteiger partial charge in [-0.1, -0.05) is 6.92 Å². The van der Waals surface area contributed by atoms with Crippen LogP contribution in [0.5, 0.6) is 0 Å². The zero-order valence-electron chi connectivity index (χ0n) is 9.82. The van der Waals surface area contributed by atoms with Gasteiger partial charge in [0.2, 0.25) is 0 Å². The molecule has 0 amide bonds. The molecule has 0 spiro atoms. The molecule has 0 saturated heterocycles. The lowest BCUT2D eigenvalue weighted by Gasteiger charge is -2.18. The van der Waals surface area contributed by atoms with Crippen LogP contribution in [0.3, 0.4) is 0 Å². The highest BCUT2D eigenvalue weighted by molar-refractivity contribution is 7.80. The van der Waals surface area contributed by atoms with Gasteiger partial charge in [0.05, 0.1) is 19.0 Å². The average Bonchev–Trinajstić information content (AvgIpc) is 2.77. The first kappa shape index (κ1) is 13.1. The van der Waals surface area contributed by atoms with E-state index in [0.29, 0.717) is 11.7 Å². The van der Waals surface area contributed by atoms with E-state index >= 15 is 0 Å². The summed E-state index contributed by atoms with van der Waals surface area (Å²) >= 11 is 5.24. The maximum Gasteiger partial charge on any atom is 0.177 e. The third-order valence-electron chi connectivity index (χ3n) is 2.19. The fourth-order valence-corrected chi connectivity index (χ4v) is 1.70. The molecule has 0 fully saturated rings. The van der Waals surface area contributed by atoms with Crippen LogP contribution in [0, 0.1) is 0 Å². The van der Waals surface area contributed by atoms with Crippen molar-refractivity contribution in [3.05, 3.63) is 18.2 Å². The van der Waals surface area contributed by atoms with E-state index in [2.05, 4.69) is 22.2 Å². The van der Waals surface area contributed by atoms with Crippen LogP contribution in [0.4, 0.5) is 0 Å². The number of thiocarbonyl (C=S) groups is 1. The zero-order chi connectivity index (χ0) is 11.8. The van der Waals surface area contributed by atoms with Crippen molar-refractivity contribution in [1.29, 1.82) is 0 Å². The fourth-order valence-electron chi connectivity index (χ4n) is 1.42. The predicted octanol–water partition coefficient (Wildman–Crippen LogP) is 1.68. The Labute approximate surface area is 102 Å². The minimum absolute atomic E-state index is 0.0790. The molecule has 90 valence electrons. The van der Waals surface area contributed by atoms with Crippen LogP contribution < -0.4 is 5.32 Å². The Morgan fingerprint density at radius 3 is 3.00 bits per heavy atom. The van der Waals surface area contributed by atoms with E-state index in [0.717, 1.165) is 25.1 Å². The number of hydrogen-bond acceptors (Lipinski definition) is 4. The summed E-state index contributed by atoms with van der Waals surface area (Å²) < 4.78 is 5.38. The maximum atomic E-state index is 5.38. The van der Waals surface area contributed by atoms with Crippen LogP contribution in [0.15, 0.2) is 12.5 Å². The van der Waals surface area contributed by atoms with Gasteiger partial charge in [-0.25, -0.2) is 4.98 Å². The molecular weight excluding hydrogens is 222 g/mol. The number of nitrogens with one attached hydrogen (secondary N) is 2. The summed E-state index contributed by atoms with van der Waals surface area (Å²) in [7, 11) is 0. The van der Waals surface area contributed by atoms with Crippen molar-refractivity contribution in [3.8, 4) is 0 Å². The highest BCUT2D eigenvalue weighted by Gasteiger charge is 2.15. The maximum absolute atomic E-state index is 5.38. The Hall–Kier alpha value is -0.940. The van der Waals surface area contributed by atoms with Crippen molar-refractivity contribution in [3.63, 3.8) is 0 Å². The van der Waals surface area contributed by atoms with Crippen LogP contribution in [0.25, 0.3) is 0 Å². The largest absolute Gasteiger partial charge is 0.486 e. The molecular formula is C11H19N3OS. The molecule has 2 N–H and O–H groups in total. The highest BCUT2D eigenvalue weighted by Crippen LogP contribution is 2.02. The molecule has 5 heteroatoms. The van der Waals surface area contributed by atoms with Gasteiger partial charge in [0.25, 0.3) is 0 Å². The van der Waals surface area contributed by atoms with E-state index in [-0.39, 0.29) is 6.04 Å². The second-order valence-corrected chi connectivity index (χ2v) is 3.94. The minimum atomic E-state index is 0.0790. The van der Waals surface area contributed by atoms with Gasteiger partial charge in [-0.15, -0.1) is 0 Å². The summed E-state index contributed by atoms with van der Waals surface area (Å²) in [6.45, 7) is 5.63. The van der Waals surface area contributed by atoms with Gasteiger partial charge in [0.1, 0.15) is 0 Å². The SMILES string of the molecule is CCCN[C@@H](Cc1cnc[nH]1)C(=S)OCC. The molecule has 0 unspecified atom stereocenters. The van der Waals surface area contributed by atoms with Crippen molar-refractivity contribution in [2.45, 2.75) is 32.7 Å². The lowest BCUT2D eigenvalue weighted by atomic mass is 10.1. The molecule has 16 heavy (non-hydrogen) atoms. The van der Waals surface area contributed by atoms with Gasteiger partial charge in [-0.3, -0.25) is 0 Å². The smallest absolute Gasteiger partial charge is 0.177 e.